The summed E-state index contributed by atoms with van der Waals surface area (Å²) >= 11 is 0. The number of tetrazole rings is 1. The SMILES string of the molecule is CC(C)[C@H](C)NC(=O)COC(=O)c1cccc(-n2cnnn2)c1. The van der Waals surface area contributed by atoms with Gasteiger partial charge >= 0.3 is 5.97 Å². The van der Waals surface area contributed by atoms with Gasteiger partial charge in [-0.25, -0.2) is 9.48 Å². The van der Waals surface area contributed by atoms with Gasteiger partial charge in [-0.2, -0.15) is 0 Å². The van der Waals surface area contributed by atoms with E-state index >= 15 is 0 Å². The van der Waals surface area contributed by atoms with Gasteiger partial charge in [-0.3, -0.25) is 4.79 Å². The van der Waals surface area contributed by atoms with Gasteiger partial charge in [0.05, 0.1) is 11.3 Å². The van der Waals surface area contributed by atoms with Crippen molar-refractivity contribution in [3.8, 4) is 5.69 Å². The van der Waals surface area contributed by atoms with Crippen LogP contribution in [0.25, 0.3) is 5.69 Å². The normalized spacial score (nSPS) is 12.0. The molecule has 0 spiro atoms. The van der Waals surface area contributed by atoms with E-state index in [-0.39, 0.29) is 18.6 Å². The van der Waals surface area contributed by atoms with E-state index in [4.69, 9.17) is 4.74 Å². The molecule has 0 saturated heterocycles. The summed E-state index contributed by atoms with van der Waals surface area (Å²) in [6.45, 7) is 5.59. The molecule has 23 heavy (non-hydrogen) atoms. The molecule has 0 radical (unpaired) electrons. The van der Waals surface area contributed by atoms with E-state index < -0.39 is 5.97 Å². The van der Waals surface area contributed by atoms with Crippen LogP contribution in [0, 0.1) is 5.92 Å². The number of esters is 1. The molecule has 0 aliphatic carbocycles. The first-order chi connectivity index (χ1) is 11.0. The number of aromatic nitrogens is 4. The van der Waals surface area contributed by atoms with Gasteiger partial charge in [0.1, 0.15) is 6.33 Å². The van der Waals surface area contributed by atoms with Crippen LogP contribution >= 0.6 is 0 Å². The van der Waals surface area contributed by atoms with E-state index in [0.29, 0.717) is 17.2 Å². The van der Waals surface area contributed by atoms with Gasteiger partial charge < -0.3 is 10.1 Å². The van der Waals surface area contributed by atoms with Crippen molar-refractivity contribution < 1.29 is 14.3 Å². The molecular weight excluding hydrogens is 298 g/mol. The summed E-state index contributed by atoms with van der Waals surface area (Å²) in [5.41, 5.74) is 0.949. The van der Waals surface area contributed by atoms with E-state index in [0.717, 1.165) is 0 Å². The lowest BCUT2D eigenvalue weighted by Crippen LogP contribution is -2.38. The van der Waals surface area contributed by atoms with Crippen LogP contribution in [0.5, 0.6) is 0 Å². The first-order valence-corrected chi connectivity index (χ1v) is 7.27. The third-order valence-electron chi connectivity index (χ3n) is 3.42. The Labute approximate surface area is 133 Å². The Morgan fingerprint density at radius 3 is 2.74 bits per heavy atom. The van der Waals surface area contributed by atoms with Crippen LogP contribution in [0.2, 0.25) is 0 Å². The second-order valence-electron chi connectivity index (χ2n) is 5.48. The molecule has 0 fully saturated rings. The maximum absolute atomic E-state index is 12.0. The molecule has 0 unspecified atom stereocenters. The van der Waals surface area contributed by atoms with Gasteiger partial charge in [-0.05, 0) is 41.5 Å². The number of ether oxygens (including phenoxy) is 1. The van der Waals surface area contributed by atoms with Crippen molar-refractivity contribution in [2.24, 2.45) is 5.92 Å². The first-order valence-electron chi connectivity index (χ1n) is 7.27. The number of carbonyl (C=O) groups excluding carboxylic acids is 2. The minimum absolute atomic E-state index is 0.0179. The number of carbonyl (C=O) groups is 2. The van der Waals surface area contributed by atoms with Crippen LogP contribution in [-0.2, 0) is 9.53 Å². The van der Waals surface area contributed by atoms with Crippen molar-refractivity contribution >= 4 is 11.9 Å². The fraction of sp³-hybridized carbons (Fsp3) is 0.400. The van der Waals surface area contributed by atoms with Crippen LogP contribution < -0.4 is 5.32 Å². The molecule has 1 atom stereocenters. The quantitative estimate of drug-likeness (QED) is 0.797. The lowest BCUT2D eigenvalue weighted by molar-refractivity contribution is -0.125. The third-order valence-corrected chi connectivity index (χ3v) is 3.42. The number of nitrogens with zero attached hydrogens (tertiary/aromatic N) is 4. The lowest BCUT2D eigenvalue weighted by Gasteiger charge is -2.17. The molecule has 8 heteroatoms. The van der Waals surface area contributed by atoms with E-state index in [1.54, 1.807) is 24.3 Å². The molecule has 1 aromatic heterocycles. The van der Waals surface area contributed by atoms with Crippen molar-refractivity contribution in [3.05, 3.63) is 36.2 Å². The van der Waals surface area contributed by atoms with Crippen molar-refractivity contribution in [2.75, 3.05) is 6.61 Å². The van der Waals surface area contributed by atoms with Crippen molar-refractivity contribution in [1.29, 1.82) is 0 Å². The summed E-state index contributed by atoms with van der Waals surface area (Å²) in [4.78, 5) is 23.8. The average Bonchev–Trinajstić information content (AvgIpc) is 3.07. The second-order valence-corrected chi connectivity index (χ2v) is 5.48. The highest BCUT2D eigenvalue weighted by Gasteiger charge is 2.14. The van der Waals surface area contributed by atoms with Crippen molar-refractivity contribution in [1.82, 2.24) is 25.5 Å². The largest absolute Gasteiger partial charge is 0.452 e. The van der Waals surface area contributed by atoms with Crippen LogP contribution in [0.3, 0.4) is 0 Å². The molecule has 0 bridgehead atoms. The highest BCUT2D eigenvalue weighted by Crippen LogP contribution is 2.10. The molecule has 1 amide bonds. The molecule has 1 heterocycles. The molecular formula is C15H19N5O3. The molecule has 2 rings (SSSR count). The summed E-state index contributed by atoms with van der Waals surface area (Å²) in [5, 5.41) is 13.6. The number of benzene rings is 1. The fourth-order valence-corrected chi connectivity index (χ4v) is 1.73. The lowest BCUT2D eigenvalue weighted by atomic mass is 10.1. The predicted molar refractivity (Wildman–Crippen MR) is 81.9 cm³/mol. The Bertz CT molecular complexity index is 670. The predicted octanol–water partition coefficient (Wildman–Crippen LogP) is 0.980. The van der Waals surface area contributed by atoms with Crippen molar-refractivity contribution in [2.45, 2.75) is 26.8 Å². The number of hydrogen-bond donors (Lipinski definition) is 1. The standard InChI is InChI=1S/C15H19N5O3/c1-10(2)11(3)17-14(21)8-23-15(22)12-5-4-6-13(7-12)20-9-16-18-19-20/h4-7,9-11H,8H2,1-3H3,(H,17,21)/t11-/m0/s1. The van der Waals surface area contributed by atoms with E-state index in [1.807, 2.05) is 20.8 Å². The smallest absolute Gasteiger partial charge is 0.338 e. The highest BCUT2D eigenvalue weighted by molar-refractivity contribution is 5.91. The van der Waals surface area contributed by atoms with Crippen molar-refractivity contribution in [3.63, 3.8) is 0 Å². The molecule has 8 nitrogen and oxygen atoms in total. The van der Waals surface area contributed by atoms with Gasteiger partial charge in [0.25, 0.3) is 5.91 Å². The van der Waals surface area contributed by atoms with Crippen LogP contribution in [0.15, 0.2) is 30.6 Å². The first kappa shape index (κ1) is 16.6. The highest BCUT2D eigenvalue weighted by atomic mass is 16.5. The number of nitrogens with one attached hydrogen (secondary N) is 1. The summed E-state index contributed by atoms with van der Waals surface area (Å²) in [7, 11) is 0. The van der Waals surface area contributed by atoms with Gasteiger partial charge in [-0.1, -0.05) is 19.9 Å². The molecule has 0 aliphatic heterocycles. The van der Waals surface area contributed by atoms with Gasteiger partial charge in [-0.15, -0.1) is 5.10 Å². The number of amides is 1. The van der Waals surface area contributed by atoms with Gasteiger partial charge in [0, 0.05) is 6.04 Å². The average molecular weight is 317 g/mol. The Hall–Kier alpha value is -2.77. The summed E-state index contributed by atoms with van der Waals surface area (Å²) in [6.07, 6.45) is 1.42. The van der Waals surface area contributed by atoms with E-state index in [2.05, 4.69) is 20.8 Å². The number of rotatable bonds is 6. The molecule has 0 saturated carbocycles. The third kappa shape index (κ3) is 4.60. The molecule has 1 aromatic carbocycles. The topological polar surface area (TPSA) is 99.0 Å². The van der Waals surface area contributed by atoms with E-state index in [9.17, 15) is 9.59 Å². The minimum atomic E-state index is -0.577. The zero-order valence-electron chi connectivity index (χ0n) is 13.3. The Morgan fingerprint density at radius 2 is 2.09 bits per heavy atom. The molecule has 2 aromatic rings. The zero-order chi connectivity index (χ0) is 16.8. The van der Waals surface area contributed by atoms with Crippen LogP contribution in [0.1, 0.15) is 31.1 Å². The monoisotopic (exact) mass is 317 g/mol. The Morgan fingerprint density at radius 1 is 1.30 bits per heavy atom. The zero-order valence-corrected chi connectivity index (χ0v) is 13.3. The van der Waals surface area contributed by atoms with Gasteiger partial charge in [0.2, 0.25) is 0 Å². The maximum Gasteiger partial charge on any atom is 0.338 e. The number of hydrogen-bond acceptors (Lipinski definition) is 6. The summed E-state index contributed by atoms with van der Waals surface area (Å²) < 4.78 is 6.46. The molecule has 122 valence electrons. The van der Waals surface area contributed by atoms with Crippen LogP contribution in [0.4, 0.5) is 0 Å². The molecule has 1 N–H and O–H groups in total. The van der Waals surface area contributed by atoms with Gasteiger partial charge in [0.15, 0.2) is 6.61 Å². The Balaban J connectivity index is 1.94. The maximum atomic E-state index is 12.0. The van der Waals surface area contributed by atoms with Crippen LogP contribution in [-0.4, -0.2) is 44.7 Å². The van der Waals surface area contributed by atoms with E-state index in [1.165, 1.54) is 11.0 Å². The summed E-state index contributed by atoms with van der Waals surface area (Å²) in [5.74, 6) is -0.592. The fourth-order valence-electron chi connectivity index (χ4n) is 1.73. The minimum Gasteiger partial charge on any atom is -0.452 e. The summed E-state index contributed by atoms with van der Waals surface area (Å²) in [6, 6.07) is 6.65. The second kappa shape index (κ2) is 7.48. The molecule has 0 aliphatic rings. The Kier molecular flexibility index (Phi) is 5.40.